The second-order valence-corrected chi connectivity index (χ2v) is 6.79. The molecule has 112 valence electrons. The van der Waals surface area contributed by atoms with Crippen molar-refractivity contribution in [2.75, 3.05) is 25.2 Å². The Hall–Kier alpha value is -0.940. The lowest BCUT2D eigenvalue weighted by Gasteiger charge is -2.28. The van der Waals surface area contributed by atoms with Crippen LogP contribution in [0.1, 0.15) is 54.9 Å². The van der Waals surface area contributed by atoms with Crippen LogP contribution in [-0.2, 0) is 4.74 Å². The van der Waals surface area contributed by atoms with Gasteiger partial charge in [0.1, 0.15) is 0 Å². The maximum atomic E-state index is 11.2. The van der Waals surface area contributed by atoms with Crippen molar-refractivity contribution in [3.05, 3.63) is 10.6 Å². The Morgan fingerprint density at radius 1 is 1.45 bits per heavy atom. The van der Waals surface area contributed by atoms with Crippen molar-refractivity contribution in [1.82, 2.24) is 4.98 Å². The van der Waals surface area contributed by atoms with Gasteiger partial charge in [-0.2, -0.15) is 0 Å². The average molecular weight is 296 g/mol. The van der Waals surface area contributed by atoms with Gasteiger partial charge in [-0.05, 0) is 31.6 Å². The van der Waals surface area contributed by atoms with E-state index in [0.29, 0.717) is 12.6 Å². The number of hydrogen-bond donors (Lipinski definition) is 0. The molecule has 1 aromatic rings. The third-order valence-electron chi connectivity index (χ3n) is 3.90. The van der Waals surface area contributed by atoms with Crippen LogP contribution in [0.2, 0.25) is 0 Å². The van der Waals surface area contributed by atoms with E-state index in [-0.39, 0.29) is 5.92 Å². The number of carbonyl (C=O) groups is 1. The Bertz CT molecular complexity index is 455. The number of aromatic nitrogens is 1. The van der Waals surface area contributed by atoms with Crippen LogP contribution >= 0.6 is 11.3 Å². The standard InChI is InChI=1S/C15H24N2O2S/c1-10(2)14-13(9-18)20-15(16-14)17(7-8-19-4)11(3)12-5-6-12/h9-12H,5-8H2,1-4H3. The summed E-state index contributed by atoms with van der Waals surface area (Å²) < 4.78 is 5.22. The van der Waals surface area contributed by atoms with Crippen molar-refractivity contribution < 1.29 is 9.53 Å². The van der Waals surface area contributed by atoms with Gasteiger partial charge in [0.25, 0.3) is 0 Å². The van der Waals surface area contributed by atoms with E-state index in [9.17, 15) is 4.79 Å². The summed E-state index contributed by atoms with van der Waals surface area (Å²) in [4.78, 5) is 19.0. The highest BCUT2D eigenvalue weighted by Crippen LogP contribution is 2.38. The van der Waals surface area contributed by atoms with Crippen molar-refractivity contribution >= 4 is 22.8 Å². The Kier molecular flexibility index (Phi) is 5.16. The second kappa shape index (κ2) is 6.68. The first-order valence-electron chi connectivity index (χ1n) is 7.30. The number of rotatable bonds is 8. The van der Waals surface area contributed by atoms with Gasteiger partial charge in [-0.1, -0.05) is 25.2 Å². The fourth-order valence-electron chi connectivity index (χ4n) is 2.45. The van der Waals surface area contributed by atoms with Crippen LogP contribution < -0.4 is 4.90 Å². The van der Waals surface area contributed by atoms with Crippen molar-refractivity contribution in [3.8, 4) is 0 Å². The minimum absolute atomic E-state index is 0.278. The SMILES string of the molecule is COCCN(c1nc(C(C)C)c(C=O)s1)C(C)C1CC1. The molecule has 0 N–H and O–H groups in total. The summed E-state index contributed by atoms with van der Waals surface area (Å²) in [5, 5.41) is 0.965. The Labute approximate surface area is 125 Å². The molecule has 1 fully saturated rings. The number of anilines is 1. The molecular formula is C15H24N2O2S. The highest BCUT2D eigenvalue weighted by Gasteiger charge is 2.33. The first-order valence-corrected chi connectivity index (χ1v) is 8.11. The smallest absolute Gasteiger partial charge is 0.186 e. The van der Waals surface area contributed by atoms with Gasteiger partial charge in [0.2, 0.25) is 0 Å². The zero-order chi connectivity index (χ0) is 14.7. The maximum absolute atomic E-state index is 11.2. The van der Waals surface area contributed by atoms with Crippen LogP contribution in [0.25, 0.3) is 0 Å². The average Bonchev–Trinajstić information content (AvgIpc) is 3.18. The highest BCUT2D eigenvalue weighted by atomic mass is 32.1. The number of carbonyl (C=O) groups excluding carboxylic acids is 1. The van der Waals surface area contributed by atoms with Crippen LogP contribution in [0.15, 0.2) is 0 Å². The van der Waals surface area contributed by atoms with Gasteiger partial charge < -0.3 is 9.64 Å². The molecule has 0 radical (unpaired) electrons. The molecular weight excluding hydrogens is 272 g/mol. The lowest BCUT2D eigenvalue weighted by molar-refractivity contribution is 0.112. The molecule has 0 amide bonds. The van der Waals surface area contributed by atoms with Gasteiger partial charge in [0.05, 0.1) is 17.2 Å². The van der Waals surface area contributed by atoms with Crippen LogP contribution in [0.4, 0.5) is 5.13 Å². The van der Waals surface area contributed by atoms with Crippen LogP contribution in [0, 0.1) is 5.92 Å². The number of thiazole rings is 1. The van der Waals surface area contributed by atoms with E-state index in [1.54, 1.807) is 7.11 Å². The lowest BCUT2D eigenvalue weighted by Crippen LogP contribution is -2.37. The number of methoxy groups -OCH3 is 1. The molecule has 5 heteroatoms. The Balaban J connectivity index is 2.24. The summed E-state index contributed by atoms with van der Waals surface area (Å²) in [6, 6.07) is 0.468. The predicted molar refractivity (Wildman–Crippen MR) is 83.0 cm³/mol. The van der Waals surface area contributed by atoms with E-state index < -0.39 is 0 Å². The van der Waals surface area contributed by atoms with Gasteiger partial charge in [0, 0.05) is 19.7 Å². The Morgan fingerprint density at radius 3 is 2.60 bits per heavy atom. The molecule has 0 bridgehead atoms. The normalized spacial score (nSPS) is 16.4. The third-order valence-corrected chi connectivity index (χ3v) is 4.94. The summed E-state index contributed by atoms with van der Waals surface area (Å²) >= 11 is 1.51. The minimum Gasteiger partial charge on any atom is -0.383 e. The molecule has 2 rings (SSSR count). The van der Waals surface area contributed by atoms with Crippen molar-refractivity contribution in [1.29, 1.82) is 0 Å². The van der Waals surface area contributed by atoms with Gasteiger partial charge in [-0.15, -0.1) is 0 Å². The van der Waals surface area contributed by atoms with E-state index in [4.69, 9.17) is 9.72 Å². The molecule has 1 aromatic heterocycles. The molecule has 20 heavy (non-hydrogen) atoms. The molecule has 0 aliphatic heterocycles. The predicted octanol–water partition coefficient (Wildman–Crippen LogP) is 3.33. The van der Waals surface area contributed by atoms with Crippen LogP contribution in [-0.4, -0.2) is 37.6 Å². The van der Waals surface area contributed by atoms with Gasteiger partial charge in [-0.25, -0.2) is 4.98 Å². The number of hydrogen-bond acceptors (Lipinski definition) is 5. The molecule has 0 spiro atoms. The van der Waals surface area contributed by atoms with E-state index in [0.717, 1.165) is 34.5 Å². The summed E-state index contributed by atoms with van der Waals surface area (Å²) in [5.74, 6) is 1.04. The largest absolute Gasteiger partial charge is 0.383 e. The first-order chi connectivity index (χ1) is 9.58. The number of nitrogens with zero attached hydrogens (tertiary/aromatic N) is 2. The van der Waals surface area contributed by atoms with Crippen molar-refractivity contribution in [3.63, 3.8) is 0 Å². The first kappa shape index (κ1) is 15.4. The molecule has 1 aliphatic rings. The topological polar surface area (TPSA) is 42.4 Å². The van der Waals surface area contributed by atoms with E-state index in [2.05, 4.69) is 25.7 Å². The van der Waals surface area contributed by atoms with Gasteiger partial charge >= 0.3 is 0 Å². The minimum atomic E-state index is 0.278. The molecule has 0 aromatic carbocycles. The lowest BCUT2D eigenvalue weighted by atomic mass is 10.1. The van der Waals surface area contributed by atoms with Gasteiger partial charge in [-0.3, -0.25) is 4.79 Å². The fourth-order valence-corrected chi connectivity index (χ4v) is 3.60. The number of aldehydes is 1. The van der Waals surface area contributed by atoms with E-state index >= 15 is 0 Å². The molecule has 4 nitrogen and oxygen atoms in total. The highest BCUT2D eigenvalue weighted by molar-refractivity contribution is 7.17. The molecule has 1 aliphatic carbocycles. The summed E-state index contributed by atoms with van der Waals surface area (Å²) in [6.45, 7) is 7.93. The van der Waals surface area contributed by atoms with Crippen molar-refractivity contribution in [2.24, 2.45) is 5.92 Å². The summed E-state index contributed by atoms with van der Waals surface area (Å²) in [5.41, 5.74) is 0.922. The molecule has 0 saturated heterocycles. The molecule has 1 heterocycles. The molecule has 1 unspecified atom stereocenters. The van der Waals surface area contributed by atoms with Crippen LogP contribution in [0.5, 0.6) is 0 Å². The van der Waals surface area contributed by atoms with E-state index in [1.165, 1.54) is 24.2 Å². The zero-order valence-electron chi connectivity index (χ0n) is 12.8. The monoisotopic (exact) mass is 296 g/mol. The fraction of sp³-hybridized carbons (Fsp3) is 0.733. The molecule has 1 saturated carbocycles. The van der Waals surface area contributed by atoms with Crippen LogP contribution in [0.3, 0.4) is 0 Å². The zero-order valence-corrected chi connectivity index (χ0v) is 13.6. The molecule has 1 atom stereocenters. The third kappa shape index (κ3) is 3.38. The summed E-state index contributed by atoms with van der Waals surface area (Å²) in [7, 11) is 1.72. The van der Waals surface area contributed by atoms with E-state index in [1.807, 2.05) is 0 Å². The van der Waals surface area contributed by atoms with Gasteiger partial charge in [0.15, 0.2) is 11.4 Å². The quantitative estimate of drug-likeness (QED) is 0.690. The number of ether oxygens (including phenoxy) is 1. The maximum Gasteiger partial charge on any atom is 0.186 e. The Morgan fingerprint density at radius 2 is 2.15 bits per heavy atom. The summed E-state index contributed by atoms with van der Waals surface area (Å²) in [6.07, 6.45) is 3.54. The second-order valence-electron chi connectivity index (χ2n) is 5.78. The van der Waals surface area contributed by atoms with Crippen molar-refractivity contribution in [2.45, 2.75) is 45.6 Å².